The van der Waals surface area contributed by atoms with Gasteiger partial charge in [-0.05, 0) is 80.8 Å². The highest BCUT2D eigenvalue weighted by atomic mass is 79.9. The van der Waals surface area contributed by atoms with Crippen LogP contribution in [0.1, 0.15) is 307 Å². The molecule has 2 aromatic rings. The molecule has 4 nitrogen and oxygen atoms in total. The van der Waals surface area contributed by atoms with Crippen LogP contribution in [0.3, 0.4) is 0 Å². The van der Waals surface area contributed by atoms with Gasteiger partial charge in [0.2, 0.25) is 0 Å². The molecule has 0 saturated carbocycles. The molecule has 0 bridgehead atoms. The number of halogens is 2. The van der Waals surface area contributed by atoms with Crippen LogP contribution < -0.4 is 0 Å². The van der Waals surface area contributed by atoms with Crippen LogP contribution in [-0.4, -0.2) is 34.7 Å². The zero-order valence-corrected chi connectivity index (χ0v) is 51.7. The van der Waals surface area contributed by atoms with Crippen molar-refractivity contribution in [3.05, 3.63) is 52.7 Å². The highest BCUT2D eigenvalue weighted by Gasteiger charge is 2.49. The van der Waals surface area contributed by atoms with Crippen molar-refractivity contribution in [3.8, 4) is 0 Å². The first-order valence-electron chi connectivity index (χ1n) is 31.0. The number of fused-ring (bicyclic) bond motifs is 1. The number of hydrogen-bond donors (Lipinski definition) is 0. The predicted octanol–water partition coefficient (Wildman–Crippen LogP) is 22.8. The van der Waals surface area contributed by atoms with E-state index >= 15 is 9.59 Å². The van der Waals surface area contributed by atoms with Gasteiger partial charge in [0.05, 0.1) is 39.9 Å². The average Bonchev–Trinajstić information content (AvgIpc) is 4.15. The van der Waals surface area contributed by atoms with Gasteiger partial charge >= 0.3 is 0 Å². The summed E-state index contributed by atoms with van der Waals surface area (Å²) in [6.07, 6.45) is 56.1. The van der Waals surface area contributed by atoms with E-state index < -0.39 is 0 Å². The summed E-state index contributed by atoms with van der Waals surface area (Å²) >= 11 is 10.8. The molecule has 0 aromatic carbocycles. The number of hydrogen-bond acceptors (Lipinski definition) is 4. The van der Waals surface area contributed by atoms with Crippen LogP contribution in [0.15, 0.2) is 43.0 Å². The first-order valence-corrected chi connectivity index (χ1v) is 34.2. The Morgan fingerprint density at radius 2 is 0.583 bits per heavy atom. The maximum absolute atomic E-state index is 15.0. The van der Waals surface area contributed by atoms with Gasteiger partial charge in [-0.2, -0.15) is 0 Å². The van der Waals surface area contributed by atoms with Gasteiger partial charge in [-0.1, -0.05) is 285 Å². The van der Waals surface area contributed by atoms with Crippen molar-refractivity contribution in [1.29, 1.82) is 0 Å². The molecule has 0 saturated heterocycles. The lowest BCUT2D eigenvalue weighted by Gasteiger charge is -2.25. The second kappa shape index (κ2) is 40.1. The average molecular weight is 1160 g/mol. The third-order valence-electron chi connectivity index (χ3n) is 16.1. The second-order valence-electron chi connectivity index (χ2n) is 22.3. The van der Waals surface area contributed by atoms with Gasteiger partial charge in [-0.25, -0.2) is 0 Å². The number of amides is 2. The molecule has 4 heterocycles. The molecule has 2 amide bonds. The summed E-state index contributed by atoms with van der Waals surface area (Å²) in [4.78, 5) is 36.1. The van der Waals surface area contributed by atoms with Gasteiger partial charge in [-0.15, -0.1) is 22.7 Å². The normalized spacial score (nSPS) is 14.1. The molecule has 0 fully saturated rings. The molecule has 8 heteroatoms. The maximum Gasteiger partial charge on any atom is 0.261 e. The molecule has 2 aliphatic heterocycles. The molecular formula is C64H106Br2N2O2S2. The maximum atomic E-state index is 15.0. The zero-order chi connectivity index (χ0) is 51.4. The Balaban J connectivity index is 1.41. The number of nitrogens with zero attached hydrogens (tertiary/aromatic N) is 2. The molecule has 0 unspecified atom stereocenters. The minimum Gasteiger partial charge on any atom is -0.306 e. The Morgan fingerprint density at radius 3 is 0.819 bits per heavy atom. The lowest BCUT2D eigenvalue weighted by atomic mass is 9.89. The van der Waals surface area contributed by atoms with E-state index in [0.29, 0.717) is 24.2 Å². The molecule has 0 spiro atoms. The van der Waals surface area contributed by atoms with Crippen molar-refractivity contribution in [3.63, 3.8) is 0 Å². The van der Waals surface area contributed by atoms with Gasteiger partial charge in [0.15, 0.2) is 0 Å². The van der Waals surface area contributed by atoms with Crippen LogP contribution in [0.25, 0.3) is 11.4 Å². The monoisotopic (exact) mass is 1160 g/mol. The minimum atomic E-state index is 0.0186. The zero-order valence-electron chi connectivity index (χ0n) is 46.9. The van der Waals surface area contributed by atoms with Crippen molar-refractivity contribution < 1.29 is 9.59 Å². The number of unbranched alkanes of at least 4 members (excludes halogenated alkanes) is 30. The van der Waals surface area contributed by atoms with E-state index in [1.165, 1.54) is 244 Å². The van der Waals surface area contributed by atoms with E-state index in [-0.39, 0.29) is 11.8 Å². The number of thiophene rings is 2. The quantitative estimate of drug-likeness (QED) is 0.0620. The van der Waals surface area contributed by atoms with Crippen molar-refractivity contribution in [2.75, 3.05) is 13.1 Å². The summed E-state index contributed by atoms with van der Waals surface area (Å²) in [5, 5.41) is 0. The van der Waals surface area contributed by atoms with Gasteiger partial charge in [0, 0.05) is 13.1 Å². The topological polar surface area (TPSA) is 40.6 Å². The summed E-state index contributed by atoms with van der Waals surface area (Å²) in [6, 6.07) is 8.37. The highest BCUT2D eigenvalue weighted by molar-refractivity contribution is 9.11. The molecule has 0 atom stereocenters. The van der Waals surface area contributed by atoms with Crippen molar-refractivity contribution in [2.24, 2.45) is 11.8 Å². The number of rotatable bonds is 48. The molecule has 0 N–H and O–H groups in total. The lowest BCUT2D eigenvalue weighted by molar-refractivity contribution is -0.124. The lowest BCUT2D eigenvalue weighted by Crippen LogP contribution is -2.30. The summed E-state index contributed by atoms with van der Waals surface area (Å²) in [7, 11) is 0. The van der Waals surface area contributed by atoms with Crippen molar-refractivity contribution >= 4 is 77.7 Å². The first-order chi connectivity index (χ1) is 35.3. The summed E-state index contributed by atoms with van der Waals surface area (Å²) in [6.45, 7) is 10.5. The van der Waals surface area contributed by atoms with E-state index in [0.717, 1.165) is 66.2 Å². The third kappa shape index (κ3) is 24.0. The summed E-state index contributed by atoms with van der Waals surface area (Å²) in [5.74, 6) is 1.59. The molecule has 72 heavy (non-hydrogen) atoms. The number of carbonyl (C=O) groups excluding carboxylic acids is 2. The first kappa shape index (κ1) is 63.3. The Labute approximate surface area is 468 Å². The molecular weight excluding hydrogens is 1050 g/mol. The van der Waals surface area contributed by atoms with Crippen LogP contribution in [0.5, 0.6) is 0 Å². The fourth-order valence-electron chi connectivity index (χ4n) is 11.8. The van der Waals surface area contributed by atoms with E-state index in [2.05, 4.69) is 83.8 Å². The SMILES string of the molecule is CCCCCCCCCCC(CCCCCCCCCC)CCCCN1C(=O)C2=C(c3ccc(Br)s3)N(CCCCC(CCCCCCCCCC)CCCCCCCCCC)C(=O)C2=C1c1ccc(Br)s1. The smallest absolute Gasteiger partial charge is 0.261 e. The van der Waals surface area contributed by atoms with E-state index in [9.17, 15) is 0 Å². The second-order valence-corrected chi connectivity index (χ2v) is 27.3. The Kier molecular flexibility index (Phi) is 35.2. The predicted molar refractivity (Wildman–Crippen MR) is 325 cm³/mol. The van der Waals surface area contributed by atoms with Crippen LogP contribution in [-0.2, 0) is 9.59 Å². The Bertz CT molecular complexity index is 1630. The largest absolute Gasteiger partial charge is 0.306 e. The molecule has 0 radical (unpaired) electrons. The van der Waals surface area contributed by atoms with E-state index in [1.807, 2.05) is 9.80 Å². The minimum absolute atomic E-state index is 0.0186. The Morgan fingerprint density at radius 1 is 0.347 bits per heavy atom. The fraction of sp³-hybridized carbons (Fsp3) is 0.781. The van der Waals surface area contributed by atoms with Gasteiger partial charge < -0.3 is 9.80 Å². The molecule has 4 rings (SSSR count). The van der Waals surface area contributed by atoms with Gasteiger partial charge in [0.25, 0.3) is 11.8 Å². The summed E-state index contributed by atoms with van der Waals surface area (Å²) in [5.41, 5.74) is 2.96. The highest BCUT2D eigenvalue weighted by Crippen LogP contribution is 2.49. The molecule has 2 aromatic heterocycles. The number of carbonyl (C=O) groups is 2. The van der Waals surface area contributed by atoms with E-state index in [1.54, 1.807) is 22.7 Å². The van der Waals surface area contributed by atoms with Crippen molar-refractivity contribution in [2.45, 2.75) is 297 Å². The van der Waals surface area contributed by atoms with E-state index in [4.69, 9.17) is 0 Å². The summed E-state index contributed by atoms with van der Waals surface area (Å²) < 4.78 is 2.05. The molecule has 410 valence electrons. The Hall–Kier alpha value is -1.22. The molecule has 0 aliphatic carbocycles. The van der Waals surface area contributed by atoms with Crippen LogP contribution in [0.2, 0.25) is 0 Å². The van der Waals surface area contributed by atoms with Crippen LogP contribution in [0, 0.1) is 11.8 Å². The standard InChI is InChI=1S/C64H106Br2N2O2S2/c1-5-9-13-17-21-25-29-33-41-53(42-34-30-26-22-18-14-10-6-2)45-37-39-51-67-61(55-47-49-57(65)71-55)59-60(63(67)69)62(56-48-50-58(66)72-56)68(64(59)70)52-40-38-46-54(43-35-31-27-23-19-15-11-7-3)44-36-32-28-24-20-16-12-8-4/h47-50,53-54H,5-46,51-52H2,1-4H3. The van der Waals surface area contributed by atoms with Crippen LogP contribution in [0.4, 0.5) is 0 Å². The van der Waals surface area contributed by atoms with Gasteiger partial charge in [0.1, 0.15) is 0 Å². The van der Waals surface area contributed by atoms with Gasteiger partial charge in [-0.3, -0.25) is 9.59 Å². The third-order valence-corrected chi connectivity index (χ3v) is 19.4. The van der Waals surface area contributed by atoms with Crippen LogP contribution >= 0.6 is 54.5 Å². The molecule has 2 aliphatic rings. The fourth-order valence-corrected chi connectivity index (χ4v) is 14.7. The van der Waals surface area contributed by atoms with Crippen molar-refractivity contribution in [1.82, 2.24) is 9.80 Å².